The van der Waals surface area contributed by atoms with Gasteiger partial charge in [-0.25, -0.2) is 0 Å². The van der Waals surface area contributed by atoms with E-state index in [2.05, 4.69) is 10.1 Å². The van der Waals surface area contributed by atoms with Crippen LogP contribution >= 0.6 is 11.6 Å². The van der Waals surface area contributed by atoms with Gasteiger partial charge in [-0.3, -0.25) is 0 Å². The summed E-state index contributed by atoms with van der Waals surface area (Å²) in [6.07, 6.45) is 1.50. The molecule has 2 aromatic rings. The summed E-state index contributed by atoms with van der Waals surface area (Å²) < 4.78 is 10.7. The maximum absolute atomic E-state index is 6.21. The molecule has 0 unspecified atom stereocenters. The van der Waals surface area contributed by atoms with Gasteiger partial charge in [0, 0.05) is 5.02 Å². The molecule has 6 heteroatoms. The second kappa shape index (κ2) is 6.24. The van der Waals surface area contributed by atoms with Crippen LogP contribution < -0.4 is 10.5 Å². The second-order valence-electron chi connectivity index (χ2n) is 4.62. The normalized spacial score (nSPS) is 11.6. The molecular formula is C14H18ClN3O2. The van der Waals surface area contributed by atoms with Gasteiger partial charge in [-0.05, 0) is 37.1 Å². The largest absolute Gasteiger partial charge is 0.484 e. The van der Waals surface area contributed by atoms with Crippen molar-refractivity contribution < 1.29 is 9.26 Å². The molecule has 20 heavy (non-hydrogen) atoms. The number of rotatable bonds is 6. The molecule has 0 spiro atoms. The fraction of sp³-hybridized carbons (Fsp3) is 0.429. The third-order valence-electron chi connectivity index (χ3n) is 3.35. The molecule has 0 aliphatic carbocycles. The number of halogens is 1. The van der Waals surface area contributed by atoms with E-state index in [1.54, 1.807) is 24.3 Å². The summed E-state index contributed by atoms with van der Waals surface area (Å²) in [4.78, 5) is 4.30. The predicted molar refractivity (Wildman–Crippen MR) is 76.5 cm³/mol. The Morgan fingerprint density at radius 3 is 2.50 bits per heavy atom. The SMILES string of the molecule is CCC(N)(CC)c1noc(COc2ccc(Cl)cc2)n1. The molecule has 5 nitrogen and oxygen atoms in total. The van der Waals surface area contributed by atoms with Gasteiger partial charge in [-0.15, -0.1) is 0 Å². The zero-order valence-corrected chi connectivity index (χ0v) is 12.4. The molecule has 0 saturated heterocycles. The highest BCUT2D eigenvalue weighted by Gasteiger charge is 2.28. The van der Waals surface area contributed by atoms with Gasteiger partial charge < -0.3 is 15.0 Å². The second-order valence-corrected chi connectivity index (χ2v) is 5.05. The van der Waals surface area contributed by atoms with Gasteiger partial charge in [0.05, 0.1) is 5.54 Å². The monoisotopic (exact) mass is 295 g/mol. The maximum atomic E-state index is 6.21. The molecular weight excluding hydrogens is 278 g/mol. The van der Waals surface area contributed by atoms with Gasteiger partial charge >= 0.3 is 0 Å². The molecule has 2 N–H and O–H groups in total. The summed E-state index contributed by atoms with van der Waals surface area (Å²) in [6, 6.07) is 7.08. The molecule has 0 radical (unpaired) electrons. The van der Waals surface area contributed by atoms with E-state index in [1.807, 2.05) is 13.8 Å². The van der Waals surface area contributed by atoms with E-state index >= 15 is 0 Å². The van der Waals surface area contributed by atoms with Crippen molar-refractivity contribution in [3.63, 3.8) is 0 Å². The van der Waals surface area contributed by atoms with Crippen LogP contribution in [0.25, 0.3) is 0 Å². The number of nitrogens with zero attached hydrogens (tertiary/aromatic N) is 2. The van der Waals surface area contributed by atoms with Crippen LogP contribution in [0, 0.1) is 0 Å². The fourth-order valence-electron chi connectivity index (χ4n) is 1.76. The molecule has 1 aromatic heterocycles. The Morgan fingerprint density at radius 2 is 1.90 bits per heavy atom. The van der Waals surface area contributed by atoms with Crippen LogP contribution in [0.1, 0.15) is 38.4 Å². The minimum absolute atomic E-state index is 0.206. The first-order valence-corrected chi connectivity index (χ1v) is 6.95. The summed E-state index contributed by atoms with van der Waals surface area (Å²) in [5, 5.41) is 4.61. The van der Waals surface area contributed by atoms with Gasteiger partial charge in [-0.2, -0.15) is 4.98 Å². The topological polar surface area (TPSA) is 74.2 Å². The number of aromatic nitrogens is 2. The quantitative estimate of drug-likeness (QED) is 0.885. The standard InChI is InChI=1S/C14H18ClN3O2/c1-3-14(16,4-2)13-17-12(20-18-13)9-19-11-7-5-10(15)6-8-11/h5-8H,3-4,9,16H2,1-2H3. The van der Waals surface area contributed by atoms with Crippen molar-refractivity contribution in [1.82, 2.24) is 10.1 Å². The Hall–Kier alpha value is -1.59. The first-order chi connectivity index (χ1) is 9.57. The first kappa shape index (κ1) is 14.8. The van der Waals surface area contributed by atoms with Crippen LogP contribution in [0.2, 0.25) is 5.02 Å². The van der Waals surface area contributed by atoms with Crippen molar-refractivity contribution in [2.24, 2.45) is 5.73 Å². The Balaban J connectivity index is 2.01. The molecule has 0 fully saturated rings. The average Bonchev–Trinajstić information content (AvgIpc) is 2.95. The van der Waals surface area contributed by atoms with Crippen molar-refractivity contribution in [2.75, 3.05) is 0 Å². The highest BCUT2D eigenvalue weighted by molar-refractivity contribution is 6.30. The average molecular weight is 296 g/mol. The lowest BCUT2D eigenvalue weighted by Crippen LogP contribution is -2.36. The lowest BCUT2D eigenvalue weighted by Gasteiger charge is -2.21. The van der Waals surface area contributed by atoms with Gasteiger partial charge in [0.25, 0.3) is 5.89 Å². The fourth-order valence-corrected chi connectivity index (χ4v) is 1.88. The van der Waals surface area contributed by atoms with Gasteiger partial charge in [0.15, 0.2) is 12.4 Å². The van der Waals surface area contributed by atoms with Crippen molar-refractivity contribution in [3.05, 3.63) is 41.0 Å². The molecule has 108 valence electrons. The number of nitrogens with two attached hydrogens (primary N) is 1. The van der Waals surface area contributed by atoms with E-state index in [9.17, 15) is 0 Å². The van der Waals surface area contributed by atoms with Crippen LogP contribution in [-0.2, 0) is 12.1 Å². The minimum Gasteiger partial charge on any atom is -0.484 e. The zero-order chi connectivity index (χ0) is 14.6. The Morgan fingerprint density at radius 1 is 1.25 bits per heavy atom. The lowest BCUT2D eigenvalue weighted by molar-refractivity contribution is 0.241. The molecule has 0 saturated carbocycles. The summed E-state index contributed by atoms with van der Waals surface area (Å²) in [6.45, 7) is 4.21. The van der Waals surface area contributed by atoms with Gasteiger partial charge in [0.1, 0.15) is 5.75 Å². The number of ether oxygens (including phenoxy) is 1. The molecule has 1 heterocycles. The number of hydrogen-bond donors (Lipinski definition) is 1. The van der Waals surface area contributed by atoms with E-state index in [1.165, 1.54) is 0 Å². The Kier molecular flexibility index (Phi) is 4.62. The van der Waals surface area contributed by atoms with Crippen molar-refractivity contribution in [1.29, 1.82) is 0 Å². The molecule has 2 rings (SSSR count). The number of hydrogen-bond acceptors (Lipinski definition) is 5. The maximum Gasteiger partial charge on any atom is 0.264 e. The van der Waals surface area contributed by atoms with Crippen LogP contribution in [0.15, 0.2) is 28.8 Å². The van der Waals surface area contributed by atoms with E-state index in [-0.39, 0.29) is 6.61 Å². The third-order valence-corrected chi connectivity index (χ3v) is 3.60. The molecule has 0 atom stereocenters. The van der Waals surface area contributed by atoms with Gasteiger partial charge in [-0.1, -0.05) is 30.6 Å². The smallest absolute Gasteiger partial charge is 0.264 e. The highest BCUT2D eigenvalue weighted by Crippen LogP contribution is 2.23. The zero-order valence-electron chi connectivity index (χ0n) is 11.6. The molecule has 0 aliphatic heterocycles. The van der Waals surface area contributed by atoms with E-state index in [4.69, 9.17) is 26.6 Å². The molecule has 0 amide bonds. The lowest BCUT2D eigenvalue weighted by atomic mass is 9.94. The van der Waals surface area contributed by atoms with Crippen molar-refractivity contribution in [2.45, 2.75) is 38.8 Å². The predicted octanol–water partition coefficient (Wildman–Crippen LogP) is 3.28. The van der Waals surface area contributed by atoms with Crippen LogP contribution in [0.3, 0.4) is 0 Å². The van der Waals surface area contributed by atoms with Crippen molar-refractivity contribution >= 4 is 11.6 Å². The summed E-state index contributed by atoms with van der Waals surface area (Å²) in [5.41, 5.74) is 5.67. The van der Waals surface area contributed by atoms with Gasteiger partial charge in [0.2, 0.25) is 0 Å². The summed E-state index contributed by atoms with van der Waals surface area (Å²) in [7, 11) is 0. The number of benzene rings is 1. The molecule has 0 aliphatic rings. The first-order valence-electron chi connectivity index (χ1n) is 6.57. The molecule has 0 bridgehead atoms. The summed E-state index contributed by atoms with van der Waals surface area (Å²) >= 11 is 5.80. The van der Waals surface area contributed by atoms with E-state index in [0.29, 0.717) is 22.5 Å². The third kappa shape index (κ3) is 3.29. The Bertz CT molecular complexity index is 550. The van der Waals surface area contributed by atoms with Crippen LogP contribution in [0.4, 0.5) is 0 Å². The minimum atomic E-state index is -0.540. The highest BCUT2D eigenvalue weighted by atomic mass is 35.5. The van der Waals surface area contributed by atoms with Crippen molar-refractivity contribution in [3.8, 4) is 5.75 Å². The van der Waals surface area contributed by atoms with Crippen LogP contribution in [-0.4, -0.2) is 10.1 Å². The van der Waals surface area contributed by atoms with E-state index < -0.39 is 5.54 Å². The summed E-state index contributed by atoms with van der Waals surface area (Å²) in [5.74, 6) is 1.63. The Labute approximate surface area is 123 Å². The molecule has 1 aromatic carbocycles. The van der Waals surface area contributed by atoms with Crippen LogP contribution in [0.5, 0.6) is 5.75 Å². The van der Waals surface area contributed by atoms with E-state index in [0.717, 1.165) is 12.8 Å².